The number of nitrogens with zero attached hydrogens (tertiary/aromatic N) is 1. The summed E-state index contributed by atoms with van der Waals surface area (Å²) in [6.07, 6.45) is 1.42. The van der Waals surface area contributed by atoms with Crippen molar-refractivity contribution in [2.24, 2.45) is 0 Å². The van der Waals surface area contributed by atoms with E-state index < -0.39 is 0 Å². The standard InChI is InChI=1S/C33H39NO6/c1-4-31(35)25-7-13-28(14-8-25)38-22-19-34(20-23-39-29-15-9-26(10-16-29)32(36)5-2)21-24-40-30-17-11-27(12-18-30)33(37)6-3/h7-18H,4-6,19-24H2,1-3H3. The average Bonchev–Trinajstić information content (AvgIpc) is 3.00. The lowest BCUT2D eigenvalue weighted by molar-refractivity contribution is 0.0980. The normalized spacial score (nSPS) is 10.8. The van der Waals surface area contributed by atoms with Crippen molar-refractivity contribution in [2.75, 3.05) is 39.5 Å². The highest BCUT2D eigenvalue weighted by molar-refractivity contribution is 5.96. The number of benzene rings is 3. The number of rotatable bonds is 18. The van der Waals surface area contributed by atoms with Gasteiger partial charge in [-0.2, -0.15) is 0 Å². The van der Waals surface area contributed by atoms with E-state index >= 15 is 0 Å². The van der Waals surface area contributed by atoms with Crippen LogP contribution in [-0.2, 0) is 0 Å². The van der Waals surface area contributed by atoms with Crippen molar-refractivity contribution in [1.82, 2.24) is 4.90 Å². The van der Waals surface area contributed by atoms with Crippen LogP contribution < -0.4 is 14.2 Å². The molecule has 0 fully saturated rings. The van der Waals surface area contributed by atoms with Gasteiger partial charge in [-0.1, -0.05) is 20.8 Å². The average molecular weight is 546 g/mol. The molecule has 0 amide bonds. The van der Waals surface area contributed by atoms with Gasteiger partial charge in [-0.15, -0.1) is 0 Å². The summed E-state index contributed by atoms with van der Waals surface area (Å²) < 4.78 is 17.8. The Morgan fingerprint density at radius 2 is 0.725 bits per heavy atom. The van der Waals surface area contributed by atoms with Gasteiger partial charge in [0.15, 0.2) is 17.3 Å². The van der Waals surface area contributed by atoms with E-state index in [2.05, 4.69) is 4.90 Å². The van der Waals surface area contributed by atoms with Gasteiger partial charge in [-0.25, -0.2) is 0 Å². The van der Waals surface area contributed by atoms with E-state index in [4.69, 9.17) is 14.2 Å². The minimum absolute atomic E-state index is 0.107. The van der Waals surface area contributed by atoms with Crippen molar-refractivity contribution in [3.8, 4) is 17.2 Å². The zero-order valence-corrected chi connectivity index (χ0v) is 23.7. The molecule has 0 N–H and O–H groups in total. The zero-order chi connectivity index (χ0) is 28.7. The molecule has 7 heteroatoms. The number of carbonyl (C=O) groups excluding carboxylic acids is 3. The third kappa shape index (κ3) is 9.65. The number of hydrogen-bond donors (Lipinski definition) is 0. The summed E-state index contributed by atoms with van der Waals surface area (Å²) in [6.45, 7) is 8.87. The second-order valence-electron chi connectivity index (χ2n) is 9.29. The minimum atomic E-state index is 0.107. The van der Waals surface area contributed by atoms with Crippen molar-refractivity contribution < 1.29 is 28.6 Å². The molecule has 3 rings (SSSR count). The summed E-state index contributed by atoms with van der Waals surface area (Å²) in [5.41, 5.74) is 2.06. The van der Waals surface area contributed by atoms with Gasteiger partial charge in [0.25, 0.3) is 0 Å². The van der Waals surface area contributed by atoms with Crippen LogP contribution in [0.3, 0.4) is 0 Å². The second kappa shape index (κ2) is 16.2. The predicted molar refractivity (Wildman–Crippen MR) is 156 cm³/mol. The van der Waals surface area contributed by atoms with Crippen molar-refractivity contribution in [2.45, 2.75) is 40.0 Å². The first kappa shape index (κ1) is 30.6. The molecule has 0 radical (unpaired) electrons. The second-order valence-corrected chi connectivity index (χ2v) is 9.29. The van der Waals surface area contributed by atoms with E-state index in [0.717, 1.165) is 0 Å². The molecular formula is C33H39NO6. The molecule has 3 aromatic rings. The highest BCUT2D eigenvalue weighted by Gasteiger charge is 2.09. The maximum absolute atomic E-state index is 11.9. The molecule has 0 aliphatic heterocycles. The summed E-state index contributed by atoms with van der Waals surface area (Å²) in [7, 11) is 0. The molecule has 0 aliphatic rings. The fraction of sp³-hybridized carbons (Fsp3) is 0.364. The maximum atomic E-state index is 11.9. The van der Waals surface area contributed by atoms with E-state index in [-0.39, 0.29) is 17.3 Å². The fourth-order valence-corrected chi connectivity index (χ4v) is 4.04. The smallest absolute Gasteiger partial charge is 0.162 e. The number of ketones is 3. The van der Waals surface area contributed by atoms with Crippen LogP contribution in [0.5, 0.6) is 17.2 Å². The van der Waals surface area contributed by atoms with E-state index in [0.29, 0.717) is 92.7 Å². The first-order valence-corrected chi connectivity index (χ1v) is 13.9. The van der Waals surface area contributed by atoms with Crippen LogP contribution in [0.2, 0.25) is 0 Å². The molecule has 0 heterocycles. The molecule has 0 aromatic heterocycles. The van der Waals surface area contributed by atoms with Crippen LogP contribution in [0.25, 0.3) is 0 Å². The lowest BCUT2D eigenvalue weighted by Gasteiger charge is -2.23. The molecule has 0 bridgehead atoms. The maximum Gasteiger partial charge on any atom is 0.162 e. The molecule has 0 unspecified atom stereocenters. The molecule has 0 aliphatic carbocycles. The molecule has 212 valence electrons. The molecule has 0 saturated heterocycles. The van der Waals surface area contributed by atoms with Gasteiger partial charge in [-0.3, -0.25) is 19.3 Å². The first-order chi connectivity index (χ1) is 19.4. The number of carbonyl (C=O) groups is 3. The van der Waals surface area contributed by atoms with Crippen LogP contribution in [0.1, 0.15) is 71.1 Å². The molecule has 0 spiro atoms. The zero-order valence-electron chi connectivity index (χ0n) is 23.7. The van der Waals surface area contributed by atoms with Crippen molar-refractivity contribution >= 4 is 17.3 Å². The Balaban J connectivity index is 1.52. The van der Waals surface area contributed by atoms with Gasteiger partial charge in [0.2, 0.25) is 0 Å². The van der Waals surface area contributed by atoms with Crippen molar-refractivity contribution in [1.29, 1.82) is 0 Å². The quantitative estimate of drug-likeness (QED) is 0.173. The molecule has 0 saturated carbocycles. The summed E-state index contributed by atoms with van der Waals surface area (Å²) in [6, 6.07) is 21.7. The Morgan fingerprint density at radius 1 is 0.475 bits per heavy atom. The summed E-state index contributed by atoms with van der Waals surface area (Å²) in [4.78, 5) is 37.8. The number of Topliss-reactive ketones (excluding diaryl/α,β-unsaturated/α-hetero) is 3. The lowest BCUT2D eigenvalue weighted by Crippen LogP contribution is -2.35. The lowest BCUT2D eigenvalue weighted by atomic mass is 10.1. The van der Waals surface area contributed by atoms with Crippen LogP contribution in [0.15, 0.2) is 72.8 Å². The van der Waals surface area contributed by atoms with Crippen LogP contribution >= 0.6 is 0 Å². The number of ether oxygens (including phenoxy) is 3. The van der Waals surface area contributed by atoms with Gasteiger partial charge >= 0.3 is 0 Å². The Bertz CT molecular complexity index is 1060. The molecule has 7 nitrogen and oxygen atoms in total. The molecule has 40 heavy (non-hydrogen) atoms. The predicted octanol–water partition coefficient (Wildman–Crippen LogP) is 6.30. The van der Waals surface area contributed by atoms with Gasteiger partial charge in [0.05, 0.1) is 0 Å². The van der Waals surface area contributed by atoms with Gasteiger partial charge in [-0.05, 0) is 72.8 Å². The van der Waals surface area contributed by atoms with E-state index in [9.17, 15) is 14.4 Å². The van der Waals surface area contributed by atoms with Crippen LogP contribution in [0.4, 0.5) is 0 Å². The number of hydrogen-bond acceptors (Lipinski definition) is 7. The van der Waals surface area contributed by atoms with E-state index in [1.165, 1.54) is 0 Å². The molecule has 0 atom stereocenters. The summed E-state index contributed by atoms with van der Waals surface area (Å²) >= 11 is 0. The Kier molecular flexibility index (Phi) is 12.4. The van der Waals surface area contributed by atoms with E-state index in [1.54, 1.807) is 36.4 Å². The largest absolute Gasteiger partial charge is 0.492 e. The Labute approximate surface area is 237 Å². The fourth-order valence-electron chi connectivity index (χ4n) is 4.04. The Hall–Kier alpha value is -3.97. The molecule has 3 aromatic carbocycles. The topological polar surface area (TPSA) is 82.1 Å². The third-order valence-electron chi connectivity index (χ3n) is 6.52. The molecular weight excluding hydrogens is 506 g/mol. The van der Waals surface area contributed by atoms with Crippen LogP contribution in [-0.4, -0.2) is 61.7 Å². The highest BCUT2D eigenvalue weighted by Crippen LogP contribution is 2.16. The van der Waals surface area contributed by atoms with Gasteiger partial charge in [0.1, 0.15) is 37.1 Å². The monoisotopic (exact) mass is 545 g/mol. The minimum Gasteiger partial charge on any atom is -0.492 e. The summed E-state index contributed by atoms with van der Waals surface area (Å²) in [5, 5.41) is 0. The van der Waals surface area contributed by atoms with Crippen molar-refractivity contribution in [3.63, 3.8) is 0 Å². The van der Waals surface area contributed by atoms with Crippen molar-refractivity contribution in [3.05, 3.63) is 89.5 Å². The van der Waals surface area contributed by atoms with Gasteiger partial charge < -0.3 is 14.2 Å². The van der Waals surface area contributed by atoms with E-state index in [1.807, 2.05) is 57.2 Å². The SMILES string of the molecule is CCC(=O)c1ccc(OCCN(CCOc2ccc(C(=O)CC)cc2)CCOc2ccc(C(=O)CC)cc2)cc1. The van der Waals surface area contributed by atoms with Crippen LogP contribution in [0, 0.1) is 0 Å². The summed E-state index contributed by atoms with van der Waals surface area (Å²) in [5.74, 6) is 2.46. The third-order valence-corrected chi connectivity index (χ3v) is 6.52. The Morgan fingerprint density at radius 3 is 0.950 bits per heavy atom. The van der Waals surface area contributed by atoms with Gasteiger partial charge in [0, 0.05) is 55.6 Å². The first-order valence-electron chi connectivity index (χ1n) is 13.9. The highest BCUT2D eigenvalue weighted by atomic mass is 16.5.